The van der Waals surface area contributed by atoms with Crippen molar-refractivity contribution in [2.75, 3.05) is 26.2 Å². The predicted molar refractivity (Wildman–Crippen MR) is 97.0 cm³/mol. The van der Waals surface area contributed by atoms with Crippen LogP contribution in [0.3, 0.4) is 0 Å². The Kier molecular flexibility index (Phi) is 4.96. The normalized spacial score (nSPS) is 24.6. The van der Waals surface area contributed by atoms with Gasteiger partial charge in [0, 0.05) is 43.9 Å². The van der Waals surface area contributed by atoms with Crippen molar-refractivity contribution in [3.05, 3.63) is 35.6 Å². The van der Waals surface area contributed by atoms with E-state index in [2.05, 4.69) is 0 Å². The van der Waals surface area contributed by atoms with Crippen molar-refractivity contribution < 1.29 is 14.0 Å². The topological polar surface area (TPSA) is 40.6 Å². The molecule has 1 aliphatic carbocycles. The summed E-state index contributed by atoms with van der Waals surface area (Å²) in [5, 5.41) is 0. The molecule has 3 fully saturated rings. The zero-order valence-electron chi connectivity index (χ0n) is 15.2. The Bertz CT molecular complexity index is 663. The van der Waals surface area contributed by atoms with Gasteiger partial charge in [0.1, 0.15) is 5.82 Å². The van der Waals surface area contributed by atoms with Crippen molar-refractivity contribution in [3.8, 4) is 0 Å². The number of hydrogen-bond donors (Lipinski definition) is 0. The van der Waals surface area contributed by atoms with Crippen LogP contribution in [-0.4, -0.2) is 47.8 Å². The minimum atomic E-state index is -0.220. The van der Waals surface area contributed by atoms with Crippen molar-refractivity contribution in [2.24, 2.45) is 11.8 Å². The predicted octanol–water partition coefficient (Wildman–Crippen LogP) is 3.18. The van der Waals surface area contributed by atoms with Crippen molar-refractivity contribution >= 4 is 11.8 Å². The number of carbonyl (C=O) groups excluding carboxylic acids is 2. The van der Waals surface area contributed by atoms with Crippen LogP contribution in [-0.2, 0) is 9.59 Å². The first-order chi connectivity index (χ1) is 12.6. The molecule has 26 heavy (non-hydrogen) atoms. The maximum Gasteiger partial charge on any atom is 0.225 e. The Morgan fingerprint density at radius 1 is 0.808 bits per heavy atom. The van der Waals surface area contributed by atoms with Gasteiger partial charge < -0.3 is 9.80 Å². The SMILES string of the molecule is O=C(C1CCC1)N1CCC(C(=O)N2CC[C@@H](c3ccc(F)cc3)C2)CC1. The minimum Gasteiger partial charge on any atom is -0.342 e. The number of piperidine rings is 1. The molecule has 0 unspecified atom stereocenters. The van der Waals surface area contributed by atoms with Gasteiger partial charge in [-0.15, -0.1) is 0 Å². The summed E-state index contributed by atoms with van der Waals surface area (Å²) in [7, 11) is 0. The summed E-state index contributed by atoms with van der Waals surface area (Å²) >= 11 is 0. The monoisotopic (exact) mass is 358 g/mol. The molecular weight excluding hydrogens is 331 g/mol. The lowest BCUT2D eigenvalue weighted by Gasteiger charge is -2.37. The van der Waals surface area contributed by atoms with Crippen LogP contribution in [0, 0.1) is 17.7 Å². The first-order valence-corrected chi connectivity index (χ1v) is 9.95. The van der Waals surface area contributed by atoms with E-state index in [0.29, 0.717) is 11.8 Å². The summed E-state index contributed by atoms with van der Waals surface area (Å²) < 4.78 is 13.1. The highest BCUT2D eigenvalue weighted by Gasteiger charge is 2.36. The molecule has 5 heteroatoms. The molecule has 4 rings (SSSR count). The molecular formula is C21H27FN2O2. The molecule has 0 aromatic heterocycles. The van der Waals surface area contributed by atoms with Crippen molar-refractivity contribution in [1.29, 1.82) is 0 Å². The first-order valence-electron chi connectivity index (χ1n) is 9.95. The average Bonchev–Trinajstić information content (AvgIpc) is 3.10. The van der Waals surface area contributed by atoms with Gasteiger partial charge in [-0.25, -0.2) is 4.39 Å². The van der Waals surface area contributed by atoms with Crippen LogP contribution in [0.15, 0.2) is 24.3 Å². The van der Waals surface area contributed by atoms with Crippen LogP contribution in [0.4, 0.5) is 4.39 Å². The maximum absolute atomic E-state index is 13.1. The van der Waals surface area contributed by atoms with Gasteiger partial charge in [-0.2, -0.15) is 0 Å². The van der Waals surface area contributed by atoms with E-state index in [1.165, 1.54) is 18.6 Å². The van der Waals surface area contributed by atoms with Gasteiger partial charge in [-0.3, -0.25) is 9.59 Å². The Labute approximate surface area is 154 Å². The highest BCUT2D eigenvalue weighted by Crippen LogP contribution is 2.32. The highest BCUT2D eigenvalue weighted by molar-refractivity contribution is 5.81. The minimum absolute atomic E-state index is 0.0485. The van der Waals surface area contributed by atoms with E-state index >= 15 is 0 Å². The molecule has 0 N–H and O–H groups in total. The Hall–Kier alpha value is -1.91. The molecule has 1 aromatic rings. The van der Waals surface area contributed by atoms with Crippen molar-refractivity contribution in [2.45, 2.75) is 44.4 Å². The average molecular weight is 358 g/mol. The second-order valence-electron chi connectivity index (χ2n) is 8.05. The van der Waals surface area contributed by atoms with E-state index in [4.69, 9.17) is 0 Å². The molecule has 0 radical (unpaired) electrons. The Morgan fingerprint density at radius 2 is 1.38 bits per heavy atom. The molecule has 2 aliphatic heterocycles. The summed E-state index contributed by atoms with van der Waals surface area (Å²) in [4.78, 5) is 29.2. The fourth-order valence-corrected chi connectivity index (χ4v) is 4.49. The maximum atomic E-state index is 13.1. The molecule has 0 bridgehead atoms. The highest BCUT2D eigenvalue weighted by atomic mass is 19.1. The first kappa shape index (κ1) is 17.5. The van der Waals surface area contributed by atoms with Gasteiger partial charge in [-0.1, -0.05) is 18.6 Å². The molecule has 0 spiro atoms. The number of benzene rings is 1. The number of nitrogens with zero attached hydrogens (tertiary/aromatic N) is 2. The third kappa shape index (κ3) is 3.49. The van der Waals surface area contributed by atoms with Gasteiger partial charge in [0.05, 0.1) is 0 Å². The lowest BCUT2D eigenvalue weighted by molar-refractivity contribution is -0.143. The fraction of sp³-hybridized carbons (Fsp3) is 0.619. The van der Waals surface area contributed by atoms with E-state index in [9.17, 15) is 14.0 Å². The number of hydrogen-bond acceptors (Lipinski definition) is 2. The van der Waals surface area contributed by atoms with Crippen LogP contribution in [0.2, 0.25) is 0 Å². The number of amides is 2. The summed E-state index contributed by atoms with van der Waals surface area (Å²) in [5.74, 6) is 0.928. The fourth-order valence-electron chi connectivity index (χ4n) is 4.49. The second-order valence-corrected chi connectivity index (χ2v) is 8.05. The molecule has 1 saturated carbocycles. The van der Waals surface area contributed by atoms with E-state index in [1.807, 2.05) is 21.9 Å². The van der Waals surface area contributed by atoms with Gasteiger partial charge in [0.15, 0.2) is 0 Å². The summed E-state index contributed by atoms with van der Waals surface area (Å²) in [6, 6.07) is 6.65. The lowest BCUT2D eigenvalue weighted by Crippen LogP contribution is -2.46. The van der Waals surface area contributed by atoms with Gasteiger partial charge >= 0.3 is 0 Å². The van der Waals surface area contributed by atoms with Crippen molar-refractivity contribution in [1.82, 2.24) is 9.80 Å². The van der Waals surface area contributed by atoms with E-state index < -0.39 is 0 Å². The van der Waals surface area contributed by atoms with E-state index in [0.717, 1.165) is 63.8 Å². The van der Waals surface area contributed by atoms with Gasteiger partial charge in [0.25, 0.3) is 0 Å². The van der Waals surface area contributed by atoms with Crippen LogP contribution in [0.25, 0.3) is 0 Å². The number of likely N-dealkylation sites (tertiary alicyclic amines) is 2. The van der Waals surface area contributed by atoms with Crippen LogP contribution >= 0.6 is 0 Å². The second kappa shape index (κ2) is 7.37. The smallest absolute Gasteiger partial charge is 0.225 e. The van der Waals surface area contributed by atoms with Gasteiger partial charge in [0.2, 0.25) is 11.8 Å². The van der Waals surface area contributed by atoms with Gasteiger partial charge in [-0.05, 0) is 49.8 Å². The zero-order chi connectivity index (χ0) is 18.1. The van der Waals surface area contributed by atoms with E-state index in [-0.39, 0.29) is 23.6 Å². The Balaban J connectivity index is 1.28. The zero-order valence-corrected chi connectivity index (χ0v) is 15.2. The molecule has 1 atom stereocenters. The Morgan fingerprint density at radius 3 is 2.00 bits per heavy atom. The molecule has 2 amide bonds. The molecule has 3 aliphatic rings. The quantitative estimate of drug-likeness (QED) is 0.833. The molecule has 2 saturated heterocycles. The number of halogens is 1. The number of carbonyl (C=O) groups is 2. The summed E-state index contributed by atoms with van der Waals surface area (Å²) in [5.41, 5.74) is 1.11. The summed E-state index contributed by atoms with van der Waals surface area (Å²) in [6.45, 7) is 2.95. The lowest BCUT2D eigenvalue weighted by atomic mass is 9.83. The number of rotatable bonds is 3. The molecule has 1 aromatic carbocycles. The largest absolute Gasteiger partial charge is 0.342 e. The van der Waals surface area contributed by atoms with Crippen LogP contribution in [0.1, 0.15) is 50.0 Å². The standard InChI is InChI=1S/C21H27FN2O2/c22-19-6-4-15(5-7-19)18-10-13-24(14-18)21(26)17-8-11-23(12-9-17)20(25)16-2-1-3-16/h4-7,16-18H,1-3,8-14H2/t18-/m1/s1. The summed E-state index contributed by atoms with van der Waals surface area (Å²) in [6.07, 6.45) is 5.77. The molecule has 140 valence electrons. The van der Waals surface area contributed by atoms with Crippen molar-refractivity contribution in [3.63, 3.8) is 0 Å². The third-order valence-electron chi connectivity index (χ3n) is 6.45. The molecule has 4 nitrogen and oxygen atoms in total. The van der Waals surface area contributed by atoms with Crippen LogP contribution < -0.4 is 0 Å². The van der Waals surface area contributed by atoms with E-state index in [1.54, 1.807) is 0 Å². The molecule has 2 heterocycles. The third-order valence-corrected chi connectivity index (χ3v) is 6.45. The van der Waals surface area contributed by atoms with Crippen LogP contribution in [0.5, 0.6) is 0 Å².